The van der Waals surface area contributed by atoms with Crippen LogP contribution in [-0.2, 0) is 14.8 Å². The van der Waals surface area contributed by atoms with Gasteiger partial charge in [0.2, 0.25) is 15.9 Å². The lowest BCUT2D eigenvalue weighted by atomic mass is 10.0. The van der Waals surface area contributed by atoms with Crippen LogP contribution < -0.4 is 5.32 Å². The van der Waals surface area contributed by atoms with Crippen LogP contribution in [0.4, 0.5) is 0 Å². The van der Waals surface area contributed by atoms with E-state index < -0.39 is 16.1 Å². The van der Waals surface area contributed by atoms with Gasteiger partial charge in [-0.25, -0.2) is 8.42 Å². The topological polar surface area (TPSA) is 66.5 Å². The molecule has 0 aromatic carbocycles. The molecular weight excluding hydrogens is 312 g/mol. The average molecular weight is 345 g/mol. The molecule has 1 aliphatic carbocycles. The van der Waals surface area contributed by atoms with Gasteiger partial charge in [-0.3, -0.25) is 4.79 Å². The zero-order valence-electron chi connectivity index (χ0n) is 14.4. The highest BCUT2D eigenvalue weighted by Crippen LogP contribution is 2.28. The molecule has 2 aliphatic rings. The van der Waals surface area contributed by atoms with Crippen LogP contribution in [0.5, 0.6) is 0 Å². The smallest absolute Gasteiger partial charge is 0.238 e. The van der Waals surface area contributed by atoms with Gasteiger partial charge in [-0.2, -0.15) is 4.31 Å². The molecule has 23 heavy (non-hydrogen) atoms. The molecule has 0 spiro atoms. The van der Waals surface area contributed by atoms with E-state index in [9.17, 15) is 13.2 Å². The average Bonchev–Trinajstić information content (AvgIpc) is 3.04. The number of carbonyl (C=O) groups excluding carboxylic acids is 1. The van der Waals surface area contributed by atoms with E-state index >= 15 is 0 Å². The van der Waals surface area contributed by atoms with Crippen LogP contribution in [0.2, 0.25) is 0 Å². The fourth-order valence-corrected chi connectivity index (χ4v) is 5.64. The monoisotopic (exact) mass is 344 g/mol. The van der Waals surface area contributed by atoms with E-state index in [1.54, 1.807) is 0 Å². The number of hydrogen-bond acceptors (Lipinski definition) is 3. The zero-order valence-corrected chi connectivity index (χ0v) is 15.2. The molecule has 134 valence electrons. The molecule has 1 heterocycles. The molecule has 1 saturated carbocycles. The van der Waals surface area contributed by atoms with Gasteiger partial charge >= 0.3 is 0 Å². The predicted molar refractivity (Wildman–Crippen MR) is 92.6 cm³/mol. The maximum Gasteiger partial charge on any atom is 0.238 e. The van der Waals surface area contributed by atoms with E-state index in [4.69, 9.17) is 0 Å². The molecule has 1 aliphatic heterocycles. The van der Waals surface area contributed by atoms with Crippen molar-refractivity contribution in [2.75, 3.05) is 18.8 Å². The maximum atomic E-state index is 12.4. The molecule has 5 nitrogen and oxygen atoms in total. The van der Waals surface area contributed by atoms with Crippen LogP contribution in [0, 0.1) is 5.92 Å². The van der Waals surface area contributed by atoms with Gasteiger partial charge in [0.25, 0.3) is 0 Å². The second kappa shape index (κ2) is 9.02. The summed E-state index contributed by atoms with van der Waals surface area (Å²) in [4.78, 5) is 12.4. The first-order valence-electron chi connectivity index (χ1n) is 9.32. The number of carbonyl (C=O) groups is 1. The summed E-state index contributed by atoms with van der Waals surface area (Å²) in [5.41, 5.74) is 0. The number of nitrogens with zero attached hydrogens (tertiary/aromatic N) is 1. The molecule has 0 radical (unpaired) electrons. The van der Waals surface area contributed by atoms with Crippen LogP contribution in [0.1, 0.15) is 71.1 Å². The Morgan fingerprint density at radius 3 is 2.52 bits per heavy atom. The molecule has 0 bridgehead atoms. The quantitative estimate of drug-likeness (QED) is 0.688. The van der Waals surface area contributed by atoms with Gasteiger partial charge in [0, 0.05) is 13.1 Å². The highest BCUT2D eigenvalue weighted by Gasteiger charge is 2.35. The fourth-order valence-electron chi connectivity index (χ4n) is 3.89. The van der Waals surface area contributed by atoms with Gasteiger partial charge in [-0.15, -0.1) is 0 Å². The zero-order chi connectivity index (χ0) is 16.7. The first kappa shape index (κ1) is 18.7. The van der Waals surface area contributed by atoms with Crippen LogP contribution >= 0.6 is 0 Å². The standard InChI is InChI=1S/C17H32N2O3S/c1-2-14-23(21,22)19-13-6-5-11-16(19)17(20)18-12-7-10-15-8-3-4-9-15/h15-16H,2-14H2,1H3,(H,18,20). The molecule has 6 heteroatoms. The number of rotatable bonds is 8. The summed E-state index contributed by atoms with van der Waals surface area (Å²) in [5.74, 6) is 0.872. The summed E-state index contributed by atoms with van der Waals surface area (Å²) < 4.78 is 26.2. The fraction of sp³-hybridized carbons (Fsp3) is 0.941. The van der Waals surface area contributed by atoms with E-state index in [0.29, 0.717) is 25.9 Å². The molecule has 1 atom stereocenters. The van der Waals surface area contributed by atoms with E-state index in [1.165, 1.54) is 36.4 Å². The van der Waals surface area contributed by atoms with E-state index in [0.717, 1.165) is 25.2 Å². The minimum absolute atomic E-state index is 0.101. The number of nitrogens with one attached hydrogen (secondary N) is 1. The third-order valence-corrected chi connectivity index (χ3v) is 7.21. The minimum atomic E-state index is -3.30. The summed E-state index contributed by atoms with van der Waals surface area (Å²) in [7, 11) is -3.30. The third kappa shape index (κ3) is 5.45. The Morgan fingerprint density at radius 1 is 1.13 bits per heavy atom. The molecular formula is C17H32N2O3S. The van der Waals surface area contributed by atoms with Crippen molar-refractivity contribution >= 4 is 15.9 Å². The summed E-state index contributed by atoms with van der Waals surface area (Å²) in [6.45, 7) is 3.02. The molecule has 2 fully saturated rings. The van der Waals surface area contributed by atoms with Crippen LogP contribution in [0.15, 0.2) is 0 Å². The molecule has 1 unspecified atom stereocenters. The lowest BCUT2D eigenvalue weighted by Crippen LogP contribution is -2.52. The molecule has 0 aromatic heterocycles. The molecule has 1 amide bonds. The number of piperidine rings is 1. The van der Waals surface area contributed by atoms with Gasteiger partial charge in [-0.05, 0) is 38.0 Å². The van der Waals surface area contributed by atoms with Crippen molar-refractivity contribution in [1.29, 1.82) is 0 Å². The van der Waals surface area contributed by atoms with Gasteiger partial charge in [0.15, 0.2) is 0 Å². The SMILES string of the molecule is CCCS(=O)(=O)N1CCCCC1C(=O)NCCCC1CCCC1. The summed E-state index contributed by atoms with van der Waals surface area (Å²) in [5, 5.41) is 2.98. The van der Waals surface area contributed by atoms with Crippen molar-refractivity contribution in [1.82, 2.24) is 9.62 Å². The summed E-state index contributed by atoms with van der Waals surface area (Å²) >= 11 is 0. The van der Waals surface area contributed by atoms with Crippen molar-refractivity contribution in [3.8, 4) is 0 Å². The van der Waals surface area contributed by atoms with Crippen molar-refractivity contribution in [2.45, 2.75) is 77.2 Å². The Kier molecular flexibility index (Phi) is 7.34. The predicted octanol–water partition coefficient (Wildman–Crippen LogP) is 2.67. The highest BCUT2D eigenvalue weighted by molar-refractivity contribution is 7.89. The molecule has 2 rings (SSSR count). The maximum absolute atomic E-state index is 12.4. The number of amides is 1. The Bertz CT molecular complexity index is 472. The largest absolute Gasteiger partial charge is 0.355 e. The first-order valence-corrected chi connectivity index (χ1v) is 10.9. The van der Waals surface area contributed by atoms with Crippen LogP contribution in [-0.4, -0.2) is 43.5 Å². The van der Waals surface area contributed by atoms with Crippen LogP contribution in [0.3, 0.4) is 0 Å². The second-order valence-electron chi connectivity index (χ2n) is 7.02. The van der Waals surface area contributed by atoms with Crippen LogP contribution in [0.25, 0.3) is 0 Å². The minimum Gasteiger partial charge on any atom is -0.355 e. The molecule has 1 N–H and O–H groups in total. The van der Waals surface area contributed by atoms with E-state index in [-0.39, 0.29) is 11.7 Å². The van der Waals surface area contributed by atoms with Gasteiger partial charge in [-0.1, -0.05) is 39.0 Å². The van der Waals surface area contributed by atoms with Crippen molar-refractivity contribution in [3.63, 3.8) is 0 Å². The lowest BCUT2D eigenvalue weighted by Gasteiger charge is -2.33. The third-order valence-electron chi connectivity index (χ3n) is 5.14. The summed E-state index contributed by atoms with van der Waals surface area (Å²) in [6, 6.07) is -0.494. The van der Waals surface area contributed by atoms with Crippen molar-refractivity contribution in [3.05, 3.63) is 0 Å². The van der Waals surface area contributed by atoms with Gasteiger partial charge < -0.3 is 5.32 Å². The van der Waals surface area contributed by atoms with E-state index in [1.807, 2.05) is 6.92 Å². The Morgan fingerprint density at radius 2 is 1.83 bits per heavy atom. The molecule has 0 aromatic rings. The van der Waals surface area contributed by atoms with Crippen molar-refractivity contribution < 1.29 is 13.2 Å². The van der Waals surface area contributed by atoms with E-state index in [2.05, 4.69) is 5.32 Å². The molecule has 1 saturated heterocycles. The Labute approximate surface area is 141 Å². The van der Waals surface area contributed by atoms with Gasteiger partial charge in [0.05, 0.1) is 5.75 Å². The second-order valence-corrected chi connectivity index (χ2v) is 9.06. The highest BCUT2D eigenvalue weighted by atomic mass is 32.2. The van der Waals surface area contributed by atoms with Crippen molar-refractivity contribution in [2.24, 2.45) is 5.92 Å². The normalized spacial score (nSPS) is 24.0. The Balaban J connectivity index is 1.80. The number of hydrogen-bond donors (Lipinski definition) is 1. The number of sulfonamides is 1. The Hall–Kier alpha value is -0.620. The summed E-state index contributed by atoms with van der Waals surface area (Å²) in [6.07, 6.45) is 10.6. The first-order chi connectivity index (χ1) is 11.0. The van der Waals surface area contributed by atoms with Gasteiger partial charge in [0.1, 0.15) is 6.04 Å². The lowest BCUT2D eigenvalue weighted by molar-refractivity contribution is -0.125.